The summed E-state index contributed by atoms with van der Waals surface area (Å²) in [5.74, 6) is -0.262. The van der Waals surface area contributed by atoms with Crippen LogP contribution in [0.15, 0.2) is 5.16 Å². The van der Waals surface area contributed by atoms with E-state index in [2.05, 4.69) is 10.5 Å². The molecule has 0 radical (unpaired) electrons. The van der Waals surface area contributed by atoms with Crippen molar-refractivity contribution in [1.82, 2.24) is 5.32 Å². The fraction of sp³-hybridized carbons (Fsp3) is 0.818. The Labute approximate surface area is 97.1 Å². The van der Waals surface area contributed by atoms with Crippen LogP contribution in [0.3, 0.4) is 0 Å². The second-order valence-electron chi connectivity index (χ2n) is 5.41. The molecule has 0 aliphatic carbocycles. The van der Waals surface area contributed by atoms with Crippen LogP contribution in [0.4, 0.5) is 0 Å². The average Bonchev–Trinajstić information content (AvgIpc) is 2.22. The number of rotatable bonds is 4. The van der Waals surface area contributed by atoms with Crippen LogP contribution in [0.1, 0.15) is 41.0 Å². The Morgan fingerprint density at radius 2 is 1.88 bits per heavy atom. The van der Waals surface area contributed by atoms with E-state index >= 15 is 0 Å². The summed E-state index contributed by atoms with van der Waals surface area (Å²) < 4.78 is 0. The molecule has 0 aromatic rings. The molecule has 0 spiro atoms. The zero-order chi connectivity index (χ0) is 13.0. The third-order valence-corrected chi connectivity index (χ3v) is 2.66. The molecule has 0 aliphatic heterocycles. The molecule has 0 saturated carbocycles. The fourth-order valence-corrected chi connectivity index (χ4v) is 1.11. The quantitative estimate of drug-likeness (QED) is 0.294. The highest BCUT2D eigenvalue weighted by Crippen LogP contribution is 2.22. The van der Waals surface area contributed by atoms with E-state index in [-0.39, 0.29) is 17.2 Å². The Balaban J connectivity index is 4.68. The summed E-state index contributed by atoms with van der Waals surface area (Å²) in [6.07, 6.45) is 0.485. The van der Waals surface area contributed by atoms with Gasteiger partial charge >= 0.3 is 0 Å². The molecular formula is C11H23N3O2. The molecule has 1 atom stereocenters. The number of nitrogens with one attached hydrogen (secondary N) is 1. The second kappa shape index (κ2) is 5.18. The molecule has 4 N–H and O–H groups in total. The molecule has 94 valence electrons. The van der Waals surface area contributed by atoms with Gasteiger partial charge in [-0.05, 0) is 18.8 Å². The maximum atomic E-state index is 12.0. The van der Waals surface area contributed by atoms with Crippen molar-refractivity contribution in [2.75, 3.05) is 6.54 Å². The highest BCUT2D eigenvalue weighted by atomic mass is 16.4. The predicted octanol–water partition coefficient (Wildman–Crippen LogP) is 1.31. The lowest BCUT2D eigenvalue weighted by molar-refractivity contribution is -0.127. The highest BCUT2D eigenvalue weighted by molar-refractivity contribution is 6.06. The standard InChI is InChI=1S/C11H23N3O2/c1-6-11(5,8(12)14-16)9(15)13-7-10(2,3)4/h16H,6-7H2,1-5H3,(H2,12,14)(H,13,15). The lowest BCUT2D eigenvalue weighted by Crippen LogP contribution is -2.49. The zero-order valence-electron chi connectivity index (χ0n) is 10.8. The summed E-state index contributed by atoms with van der Waals surface area (Å²) in [5.41, 5.74) is 4.61. The number of hydrogen-bond donors (Lipinski definition) is 3. The molecule has 5 heteroatoms. The topological polar surface area (TPSA) is 87.7 Å². The van der Waals surface area contributed by atoms with Gasteiger partial charge in [-0.15, -0.1) is 0 Å². The minimum absolute atomic E-state index is 0.00936. The Hall–Kier alpha value is -1.26. The number of oxime groups is 1. The third kappa shape index (κ3) is 3.72. The average molecular weight is 229 g/mol. The molecule has 5 nitrogen and oxygen atoms in total. The third-order valence-electron chi connectivity index (χ3n) is 2.66. The Bertz CT molecular complexity index is 281. The van der Waals surface area contributed by atoms with Crippen molar-refractivity contribution in [2.24, 2.45) is 21.7 Å². The SMILES string of the molecule is CCC(C)(C(=O)NCC(C)(C)C)C(N)=NO. The van der Waals surface area contributed by atoms with Crippen molar-refractivity contribution >= 4 is 11.7 Å². The lowest BCUT2D eigenvalue weighted by Gasteiger charge is -2.27. The normalized spacial score (nSPS) is 16.7. The van der Waals surface area contributed by atoms with Gasteiger partial charge in [-0.2, -0.15) is 0 Å². The number of nitrogens with two attached hydrogens (primary N) is 1. The fourth-order valence-electron chi connectivity index (χ4n) is 1.11. The van der Waals surface area contributed by atoms with Crippen molar-refractivity contribution < 1.29 is 10.0 Å². The molecule has 1 amide bonds. The predicted molar refractivity (Wildman–Crippen MR) is 64.3 cm³/mol. The molecule has 0 aliphatic rings. The summed E-state index contributed by atoms with van der Waals surface area (Å²) in [4.78, 5) is 12.0. The molecular weight excluding hydrogens is 206 g/mol. The highest BCUT2D eigenvalue weighted by Gasteiger charge is 2.36. The second-order valence-corrected chi connectivity index (χ2v) is 5.41. The van der Waals surface area contributed by atoms with E-state index in [9.17, 15) is 4.79 Å². The minimum Gasteiger partial charge on any atom is -0.409 e. The van der Waals surface area contributed by atoms with Gasteiger partial charge in [0, 0.05) is 6.54 Å². The first-order chi connectivity index (χ1) is 7.17. The van der Waals surface area contributed by atoms with Crippen molar-refractivity contribution in [2.45, 2.75) is 41.0 Å². The van der Waals surface area contributed by atoms with E-state index in [1.54, 1.807) is 6.92 Å². The first-order valence-corrected chi connectivity index (χ1v) is 5.43. The molecule has 0 aromatic carbocycles. The van der Waals surface area contributed by atoms with Crippen molar-refractivity contribution in [1.29, 1.82) is 0 Å². The number of amides is 1. The van der Waals surface area contributed by atoms with Gasteiger partial charge in [0.25, 0.3) is 0 Å². The summed E-state index contributed by atoms with van der Waals surface area (Å²) >= 11 is 0. The van der Waals surface area contributed by atoms with Crippen LogP contribution in [-0.2, 0) is 4.79 Å². The smallest absolute Gasteiger partial charge is 0.233 e. The number of hydrogen-bond acceptors (Lipinski definition) is 3. The molecule has 0 bridgehead atoms. The van der Waals surface area contributed by atoms with Gasteiger partial charge in [0.05, 0.1) is 0 Å². The van der Waals surface area contributed by atoms with Crippen molar-refractivity contribution in [3.8, 4) is 0 Å². The van der Waals surface area contributed by atoms with E-state index < -0.39 is 5.41 Å². The van der Waals surface area contributed by atoms with Crippen molar-refractivity contribution in [3.63, 3.8) is 0 Å². The van der Waals surface area contributed by atoms with Gasteiger partial charge in [0.1, 0.15) is 5.41 Å². The molecule has 0 rings (SSSR count). The van der Waals surface area contributed by atoms with Crippen LogP contribution < -0.4 is 11.1 Å². The van der Waals surface area contributed by atoms with Gasteiger partial charge in [0.15, 0.2) is 5.84 Å². The van der Waals surface area contributed by atoms with Gasteiger partial charge in [-0.3, -0.25) is 4.79 Å². The largest absolute Gasteiger partial charge is 0.409 e. The van der Waals surface area contributed by atoms with Crippen LogP contribution in [0.2, 0.25) is 0 Å². The monoisotopic (exact) mass is 229 g/mol. The van der Waals surface area contributed by atoms with Gasteiger partial charge in [-0.1, -0.05) is 32.9 Å². The maximum Gasteiger partial charge on any atom is 0.233 e. The Morgan fingerprint density at radius 3 is 2.19 bits per heavy atom. The summed E-state index contributed by atoms with van der Waals surface area (Å²) in [6, 6.07) is 0. The van der Waals surface area contributed by atoms with Crippen LogP contribution in [0.5, 0.6) is 0 Å². The van der Waals surface area contributed by atoms with Gasteiger partial charge in [-0.25, -0.2) is 0 Å². The van der Waals surface area contributed by atoms with E-state index in [0.29, 0.717) is 13.0 Å². The first kappa shape index (κ1) is 14.7. The van der Waals surface area contributed by atoms with Crippen LogP contribution in [0, 0.1) is 10.8 Å². The van der Waals surface area contributed by atoms with Crippen LogP contribution >= 0.6 is 0 Å². The van der Waals surface area contributed by atoms with E-state index in [0.717, 1.165) is 0 Å². The Kier molecular flexibility index (Phi) is 4.78. The van der Waals surface area contributed by atoms with Gasteiger partial charge in [0.2, 0.25) is 5.91 Å². The van der Waals surface area contributed by atoms with E-state index in [1.165, 1.54) is 0 Å². The molecule has 0 fully saturated rings. The zero-order valence-corrected chi connectivity index (χ0v) is 10.8. The summed E-state index contributed by atoms with van der Waals surface area (Å²) in [6.45, 7) is 10.1. The number of carbonyl (C=O) groups is 1. The van der Waals surface area contributed by atoms with Crippen LogP contribution in [-0.4, -0.2) is 23.5 Å². The van der Waals surface area contributed by atoms with Crippen LogP contribution in [0.25, 0.3) is 0 Å². The first-order valence-electron chi connectivity index (χ1n) is 5.43. The molecule has 0 saturated heterocycles. The molecule has 0 aromatic heterocycles. The molecule has 16 heavy (non-hydrogen) atoms. The van der Waals surface area contributed by atoms with E-state index in [4.69, 9.17) is 10.9 Å². The number of amidine groups is 1. The Morgan fingerprint density at radius 1 is 1.38 bits per heavy atom. The molecule has 0 heterocycles. The summed E-state index contributed by atoms with van der Waals surface area (Å²) in [5, 5.41) is 14.4. The molecule has 1 unspecified atom stereocenters. The minimum atomic E-state index is -0.944. The number of nitrogens with zero attached hydrogens (tertiary/aromatic N) is 1. The maximum absolute atomic E-state index is 12.0. The summed E-state index contributed by atoms with van der Waals surface area (Å²) in [7, 11) is 0. The van der Waals surface area contributed by atoms with Crippen molar-refractivity contribution in [3.05, 3.63) is 0 Å². The van der Waals surface area contributed by atoms with Gasteiger partial charge < -0.3 is 16.3 Å². The van der Waals surface area contributed by atoms with E-state index in [1.807, 2.05) is 27.7 Å². The lowest BCUT2D eigenvalue weighted by atomic mass is 9.84. The number of carbonyl (C=O) groups excluding carboxylic acids is 1.